The van der Waals surface area contributed by atoms with Gasteiger partial charge in [0.05, 0.1) is 13.2 Å². The molecule has 0 fully saturated rings. The largest absolute Gasteiger partial charge is 4.00 e. The number of carbonyl (C=O) groups excluding carboxylic acids is 4. The second kappa shape index (κ2) is 19.8. The normalized spacial score (nSPS) is 8.18. The minimum absolute atomic E-state index is 0. The van der Waals surface area contributed by atoms with Crippen LogP contribution in [0.2, 0.25) is 0 Å². The van der Waals surface area contributed by atoms with Crippen molar-refractivity contribution >= 4 is 23.5 Å². The molecule has 0 aromatic heterocycles. The van der Waals surface area contributed by atoms with Crippen molar-refractivity contribution in [2.24, 2.45) is 0 Å². The van der Waals surface area contributed by atoms with Crippen LogP contribution >= 0.6 is 0 Å². The van der Waals surface area contributed by atoms with Gasteiger partial charge in [0, 0.05) is 12.8 Å². The molecule has 0 N–H and O–H groups in total. The van der Waals surface area contributed by atoms with Crippen LogP contribution in [-0.4, -0.2) is 36.7 Å². The molecule has 0 aromatic rings. The predicted molar refractivity (Wildman–Crippen MR) is 73.8 cm³/mol. The van der Waals surface area contributed by atoms with Crippen LogP contribution in [0, 0.1) is 0 Å². The summed E-state index contributed by atoms with van der Waals surface area (Å²) < 4.78 is 9.11. The van der Waals surface area contributed by atoms with Crippen molar-refractivity contribution in [2.75, 3.05) is 13.2 Å². The number of hydrogen-bond acceptors (Lipinski definition) is 6. The molecule has 0 spiro atoms. The summed E-state index contributed by atoms with van der Waals surface area (Å²) in [7, 11) is 0. The van der Waals surface area contributed by atoms with Crippen molar-refractivity contribution in [1.82, 2.24) is 0 Å². The maximum absolute atomic E-state index is 10.6. The molecule has 0 amide bonds. The maximum atomic E-state index is 10.6. The summed E-state index contributed by atoms with van der Waals surface area (Å²) in [5.74, 6) is -0.986. The Labute approximate surface area is 143 Å². The molecule has 8 heteroatoms. The fraction of sp³-hybridized carbons (Fsp3) is 0.714. The van der Waals surface area contributed by atoms with Gasteiger partial charge in [-0.15, -0.1) is 0 Å². The first-order valence-electron chi connectivity index (χ1n) is 6.75. The van der Waals surface area contributed by atoms with Crippen molar-refractivity contribution < 1.29 is 52.7 Å². The third-order valence-electron chi connectivity index (χ3n) is 2.08. The molecule has 0 unspecified atom stereocenters. The van der Waals surface area contributed by atoms with Crippen LogP contribution < -0.4 is 0 Å². The number of esters is 2. The van der Waals surface area contributed by atoms with E-state index in [1.807, 2.05) is 0 Å². The summed E-state index contributed by atoms with van der Waals surface area (Å²) in [6.45, 7) is 7.57. The molecular weight excluding hydrogens is 331 g/mol. The molecule has 0 heterocycles. The number of hydrogen-bond donors (Lipinski definition) is 0. The topological polar surface area (TPSA) is 115 Å². The van der Waals surface area contributed by atoms with E-state index in [4.69, 9.17) is 0 Å². The minimum atomic E-state index is -0.422. The van der Waals surface area contributed by atoms with Gasteiger partial charge in [-0.25, -0.2) is 0 Å². The van der Waals surface area contributed by atoms with Gasteiger partial charge in [-0.1, -0.05) is 13.8 Å². The zero-order valence-corrected chi connectivity index (χ0v) is 14.9. The average molecular weight is 355 g/mol. The monoisotopic (exact) mass is 355 g/mol. The standard InChI is InChI=1S/2C7H12O3.O.V/c2*1-3-6(8)5-7(9)10-4-2;;/h2*3-5H2,1-2H3;;/q;;-2;+4. The van der Waals surface area contributed by atoms with E-state index in [1.54, 1.807) is 27.7 Å². The van der Waals surface area contributed by atoms with Crippen LogP contribution in [0.1, 0.15) is 53.4 Å². The molecule has 0 aliphatic heterocycles. The summed E-state index contributed by atoms with van der Waals surface area (Å²) >= 11 is 0. The van der Waals surface area contributed by atoms with Gasteiger partial charge in [-0.2, -0.15) is 0 Å². The Morgan fingerprint density at radius 1 is 0.682 bits per heavy atom. The molecule has 7 nitrogen and oxygen atoms in total. The van der Waals surface area contributed by atoms with Gasteiger partial charge in [0.1, 0.15) is 24.4 Å². The first kappa shape index (κ1) is 28.9. The smallest absolute Gasteiger partial charge is 2.00 e. The van der Waals surface area contributed by atoms with E-state index in [9.17, 15) is 19.2 Å². The molecule has 0 atom stereocenters. The number of carbonyl (C=O) groups is 4. The summed E-state index contributed by atoms with van der Waals surface area (Å²) in [6.07, 6.45) is 0.645. The van der Waals surface area contributed by atoms with Crippen molar-refractivity contribution in [3.8, 4) is 0 Å². The zero-order valence-electron chi connectivity index (χ0n) is 13.5. The van der Waals surface area contributed by atoms with Crippen molar-refractivity contribution in [3.05, 3.63) is 0 Å². The zero-order chi connectivity index (χ0) is 16.0. The molecule has 0 rings (SSSR count). The average Bonchev–Trinajstić information content (AvgIpc) is 2.39. The van der Waals surface area contributed by atoms with E-state index in [-0.39, 0.29) is 48.4 Å². The van der Waals surface area contributed by atoms with E-state index in [0.29, 0.717) is 26.1 Å². The summed E-state index contributed by atoms with van der Waals surface area (Å²) in [6, 6.07) is 0. The van der Waals surface area contributed by atoms with E-state index in [2.05, 4.69) is 9.47 Å². The molecule has 0 aromatic carbocycles. The Morgan fingerprint density at radius 3 is 1.14 bits per heavy atom. The van der Waals surface area contributed by atoms with Gasteiger partial charge in [0.15, 0.2) is 0 Å². The number of ketones is 2. The van der Waals surface area contributed by atoms with Gasteiger partial charge in [-0.3, -0.25) is 19.2 Å². The van der Waals surface area contributed by atoms with Gasteiger partial charge in [0.2, 0.25) is 0 Å². The Bertz CT molecular complexity index is 297. The maximum Gasteiger partial charge on any atom is 4.00 e. The molecule has 1 radical (unpaired) electrons. The quantitative estimate of drug-likeness (QED) is 0.483. The van der Waals surface area contributed by atoms with Crippen molar-refractivity contribution in [1.29, 1.82) is 0 Å². The van der Waals surface area contributed by atoms with Crippen LogP contribution in [0.15, 0.2) is 0 Å². The third-order valence-corrected chi connectivity index (χ3v) is 2.08. The van der Waals surface area contributed by atoms with E-state index in [0.717, 1.165) is 0 Å². The molecule has 0 saturated carbocycles. The fourth-order valence-corrected chi connectivity index (χ4v) is 0.996. The molecular formula is C14H24O7V+2. The van der Waals surface area contributed by atoms with Gasteiger partial charge < -0.3 is 14.9 Å². The van der Waals surface area contributed by atoms with Crippen molar-refractivity contribution in [3.63, 3.8) is 0 Å². The number of rotatable bonds is 8. The SMILES string of the molecule is CCOC(=O)CC(=O)CC.CCOC(=O)CC(=O)CC.[O-2].[V+4]. The predicted octanol–water partition coefficient (Wildman–Crippen LogP) is 1.72. The summed E-state index contributed by atoms with van der Waals surface area (Å²) in [5.41, 5.74) is 0. The molecule has 0 aliphatic rings. The molecule has 125 valence electrons. The van der Waals surface area contributed by atoms with Crippen LogP contribution in [-0.2, 0) is 52.7 Å². The van der Waals surface area contributed by atoms with Crippen molar-refractivity contribution in [2.45, 2.75) is 53.4 Å². The van der Waals surface area contributed by atoms with E-state index >= 15 is 0 Å². The summed E-state index contributed by atoms with van der Waals surface area (Å²) in [5, 5.41) is 0. The van der Waals surface area contributed by atoms with Gasteiger partial charge in [-0.05, 0) is 13.8 Å². The molecule has 0 bridgehead atoms. The van der Waals surface area contributed by atoms with Gasteiger partial charge >= 0.3 is 30.5 Å². The minimum Gasteiger partial charge on any atom is -2.00 e. The Kier molecular flexibility index (Phi) is 26.1. The van der Waals surface area contributed by atoms with Gasteiger partial charge in [0.25, 0.3) is 0 Å². The van der Waals surface area contributed by atoms with Crippen LogP contribution in [0.25, 0.3) is 0 Å². The summed E-state index contributed by atoms with van der Waals surface area (Å²) in [4.78, 5) is 42.3. The molecule has 0 aliphatic carbocycles. The molecule has 22 heavy (non-hydrogen) atoms. The van der Waals surface area contributed by atoms with E-state index in [1.165, 1.54) is 0 Å². The number of Topliss-reactive ketones (excluding diaryl/α,β-unsaturated/α-hetero) is 2. The molecule has 0 saturated heterocycles. The first-order valence-corrected chi connectivity index (χ1v) is 6.75. The fourth-order valence-electron chi connectivity index (χ4n) is 0.996. The van der Waals surface area contributed by atoms with E-state index < -0.39 is 11.9 Å². The van der Waals surface area contributed by atoms with Crippen LogP contribution in [0.4, 0.5) is 0 Å². The second-order valence-electron chi connectivity index (χ2n) is 3.75. The Morgan fingerprint density at radius 2 is 0.955 bits per heavy atom. The third kappa shape index (κ3) is 21.1. The first-order chi connectivity index (χ1) is 9.40. The Balaban J connectivity index is -0.000000135. The van der Waals surface area contributed by atoms with Crippen LogP contribution in [0.5, 0.6) is 0 Å². The Hall–Kier alpha value is -1.18. The van der Waals surface area contributed by atoms with Crippen LogP contribution in [0.3, 0.4) is 0 Å². The number of ether oxygens (including phenoxy) is 2. The second-order valence-corrected chi connectivity index (χ2v) is 3.75.